The number of ether oxygens (including phenoxy) is 2. The van der Waals surface area contributed by atoms with Crippen LogP contribution in [0.3, 0.4) is 0 Å². The molecule has 17 heavy (non-hydrogen) atoms. The predicted octanol–water partition coefficient (Wildman–Crippen LogP) is 1.82. The van der Waals surface area contributed by atoms with Crippen LogP contribution in [-0.4, -0.2) is 36.5 Å². The SMILES string of the molecule is CC(=O)OCC1OC2CC(C)=NC2C(C)C1C. The van der Waals surface area contributed by atoms with Gasteiger partial charge < -0.3 is 9.47 Å². The lowest BCUT2D eigenvalue weighted by Gasteiger charge is -2.40. The highest BCUT2D eigenvalue weighted by atomic mass is 16.6. The number of hydrogen-bond donors (Lipinski definition) is 0. The van der Waals surface area contributed by atoms with Crippen molar-refractivity contribution in [2.45, 2.75) is 52.4 Å². The summed E-state index contributed by atoms with van der Waals surface area (Å²) in [4.78, 5) is 15.5. The second-order valence-electron chi connectivity index (χ2n) is 5.29. The highest BCUT2D eigenvalue weighted by molar-refractivity contribution is 5.84. The van der Waals surface area contributed by atoms with Gasteiger partial charge in [0.2, 0.25) is 0 Å². The zero-order valence-corrected chi connectivity index (χ0v) is 11.0. The van der Waals surface area contributed by atoms with Crippen LogP contribution < -0.4 is 0 Å². The molecule has 2 aliphatic rings. The molecule has 4 nitrogen and oxygen atoms in total. The van der Waals surface area contributed by atoms with E-state index in [1.165, 1.54) is 12.6 Å². The van der Waals surface area contributed by atoms with Crippen molar-refractivity contribution in [2.75, 3.05) is 6.61 Å². The third-order valence-electron chi connectivity index (χ3n) is 4.00. The van der Waals surface area contributed by atoms with Crippen LogP contribution in [-0.2, 0) is 14.3 Å². The molecule has 2 rings (SSSR count). The standard InChI is InChI=1S/C13H21NO3/c1-7-5-11-13(14-7)9(3)8(2)12(17-11)6-16-10(4)15/h8-9,11-13H,5-6H2,1-4H3. The quantitative estimate of drug-likeness (QED) is 0.691. The van der Waals surface area contributed by atoms with Crippen LogP contribution in [0.1, 0.15) is 34.1 Å². The summed E-state index contributed by atoms with van der Waals surface area (Å²) < 4.78 is 11.1. The number of nitrogens with zero attached hydrogens (tertiary/aromatic N) is 1. The fraction of sp³-hybridized carbons (Fsp3) is 0.846. The van der Waals surface area contributed by atoms with Gasteiger partial charge in [-0.2, -0.15) is 0 Å². The van der Waals surface area contributed by atoms with Crippen molar-refractivity contribution in [1.29, 1.82) is 0 Å². The average Bonchev–Trinajstić information content (AvgIpc) is 2.62. The molecular formula is C13H21NO3. The van der Waals surface area contributed by atoms with Crippen molar-refractivity contribution in [2.24, 2.45) is 16.8 Å². The maximum Gasteiger partial charge on any atom is 0.302 e. The Morgan fingerprint density at radius 1 is 1.47 bits per heavy atom. The lowest BCUT2D eigenvalue weighted by molar-refractivity contribution is -0.158. The number of esters is 1. The van der Waals surface area contributed by atoms with E-state index in [0.29, 0.717) is 24.5 Å². The fourth-order valence-corrected chi connectivity index (χ4v) is 2.78. The van der Waals surface area contributed by atoms with Crippen molar-refractivity contribution in [3.63, 3.8) is 0 Å². The molecule has 0 saturated carbocycles. The molecule has 0 N–H and O–H groups in total. The number of carbonyl (C=O) groups excluding carboxylic acids is 1. The maximum absolute atomic E-state index is 10.9. The van der Waals surface area contributed by atoms with Crippen LogP contribution in [0.4, 0.5) is 0 Å². The van der Waals surface area contributed by atoms with E-state index in [2.05, 4.69) is 25.8 Å². The molecule has 0 radical (unpaired) electrons. The molecule has 0 aromatic rings. The molecule has 0 aromatic carbocycles. The van der Waals surface area contributed by atoms with E-state index in [4.69, 9.17) is 9.47 Å². The topological polar surface area (TPSA) is 47.9 Å². The fourth-order valence-electron chi connectivity index (χ4n) is 2.78. The molecular weight excluding hydrogens is 218 g/mol. The first-order valence-electron chi connectivity index (χ1n) is 6.31. The minimum Gasteiger partial charge on any atom is -0.463 e. The first-order valence-corrected chi connectivity index (χ1v) is 6.31. The predicted molar refractivity (Wildman–Crippen MR) is 65.1 cm³/mol. The van der Waals surface area contributed by atoms with E-state index >= 15 is 0 Å². The zero-order chi connectivity index (χ0) is 12.6. The van der Waals surface area contributed by atoms with E-state index in [1.54, 1.807) is 0 Å². The first-order chi connectivity index (χ1) is 7.99. The molecule has 96 valence electrons. The first kappa shape index (κ1) is 12.6. The molecule has 0 spiro atoms. The van der Waals surface area contributed by atoms with Crippen molar-refractivity contribution in [3.05, 3.63) is 0 Å². The molecule has 4 heteroatoms. The molecule has 2 aliphatic heterocycles. The van der Waals surface area contributed by atoms with Gasteiger partial charge in [0, 0.05) is 19.1 Å². The summed E-state index contributed by atoms with van der Waals surface area (Å²) in [6.07, 6.45) is 1.11. The van der Waals surface area contributed by atoms with Gasteiger partial charge in [-0.1, -0.05) is 13.8 Å². The lowest BCUT2D eigenvalue weighted by Crippen LogP contribution is -2.48. The molecule has 0 bridgehead atoms. The van der Waals surface area contributed by atoms with Gasteiger partial charge in [-0.25, -0.2) is 0 Å². The Hall–Kier alpha value is -0.900. The highest BCUT2D eigenvalue weighted by Gasteiger charge is 2.44. The van der Waals surface area contributed by atoms with Gasteiger partial charge in [0.05, 0.1) is 18.2 Å². The Morgan fingerprint density at radius 3 is 2.82 bits per heavy atom. The van der Waals surface area contributed by atoms with Crippen molar-refractivity contribution >= 4 is 11.7 Å². The van der Waals surface area contributed by atoms with Gasteiger partial charge in [0.1, 0.15) is 6.61 Å². The van der Waals surface area contributed by atoms with Gasteiger partial charge in [-0.05, 0) is 18.8 Å². The molecule has 0 aromatic heterocycles. The largest absolute Gasteiger partial charge is 0.463 e. The van der Waals surface area contributed by atoms with E-state index in [1.807, 2.05) is 0 Å². The molecule has 1 fully saturated rings. The van der Waals surface area contributed by atoms with Crippen LogP contribution in [0.15, 0.2) is 4.99 Å². The Balaban J connectivity index is 2.01. The number of hydrogen-bond acceptors (Lipinski definition) is 4. The van der Waals surface area contributed by atoms with E-state index in [-0.39, 0.29) is 18.2 Å². The summed E-state index contributed by atoms with van der Waals surface area (Å²) in [5.41, 5.74) is 1.17. The molecule has 5 unspecified atom stereocenters. The third-order valence-corrected chi connectivity index (χ3v) is 4.00. The summed E-state index contributed by atoms with van der Waals surface area (Å²) in [5.74, 6) is 0.603. The smallest absolute Gasteiger partial charge is 0.302 e. The Morgan fingerprint density at radius 2 is 2.18 bits per heavy atom. The zero-order valence-electron chi connectivity index (χ0n) is 11.0. The Bertz CT molecular complexity index is 340. The Labute approximate surface area is 102 Å². The van der Waals surface area contributed by atoms with Gasteiger partial charge in [0.15, 0.2) is 0 Å². The summed E-state index contributed by atoms with van der Waals surface area (Å²) in [7, 11) is 0. The number of carbonyl (C=O) groups is 1. The van der Waals surface area contributed by atoms with Gasteiger partial charge >= 0.3 is 5.97 Å². The molecule has 2 heterocycles. The van der Waals surface area contributed by atoms with Crippen LogP contribution >= 0.6 is 0 Å². The van der Waals surface area contributed by atoms with Crippen LogP contribution in [0.5, 0.6) is 0 Å². The average molecular weight is 239 g/mol. The number of aliphatic imine (C=N–C) groups is 1. The van der Waals surface area contributed by atoms with E-state index in [0.717, 1.165) is 6.42 Å². The molecule has 1 saturated heterocycles. The minimum absolute atomic E-state index is 0.0104. The number of rotatable bonds is 2. The van der Waals surface area contributed by atoms with Crippen molar-refractivity contribution in [1.82, 2.24) is 0 Å². The Kier molecular flexibility index (Phi) is 3.52. The summed E-state index contributed by atoms with van der Waals surface area (Å²) in [5, 5.41) is 0. The molecule has 0 amide bonds. The summed E-state index contributed by atoms with van der Waals surface area (Å²) in [6.45, 7) is 8.22. The molecule has 5 atom stereocenters. The van der Waals surface area contributed by atoms with Gasteiger partial charge in [-0.3, -0.25) is 9.79 Å². The minimum atomic E-state index is -0.241. The van der Waals surface area contributed by atoms with Gasteiger partial charge in [0.25, 0.3) is 0 Å². The van der Waals surface area contributed by atoms with E-state index < -0.39 is 0 Å². The van der Waals surface area contributed by atoms with Gasteiger partial charge in [-0.15, -0.1) is 0 Å². The summed E-state index contributed by atoms with van der Waals surface area (Å²) in [6, 6.07) is 0.290. The summed E-state index contributed by atoms with van der Waals surface area (Å²) >= 11 is 0. The van der Waals surface area contributed by atoms with Crippen LogP contribution in [0, 0.1) is 11.8 Å². The monoisotopic (exact) mass is 239 g/mol. The highest BCUT2D eigenvalue weighted by Crippen LogP contribution is 2.37. The van der Waals surface area contributed by atoms with Crippen LogP contribution in [0.2, 0.25) is 0 Å². The van der Waals surface area contributed by atoms with Crippen molar-refractivity contribution < 1.29 is 14.3 Å². The third kappa shape index (κ3) is 2.51. The van der Waals surface area contributed by atoms with Crippen LogP contribution in [0.25, 0.3) is 0 Å². The van der Waals surface area contributed by atoms with Crippen molar-refractivity contribution in [3.8, 4) is 0 Å². The van der Waals surface area contributed by atoms with E-state index in [9.17, 15) is 4.79 Å². The molecule has 0 aliphatic carbocycles. The second kappa shape index (κ2) is 4.77. The second-order valence-corrected chi connectivity index (χ2v) is 5.29. The lowest BCUT2D eigenvalue weighted by atomic mass is 9.80. The normalized spacial score (nSPS) is 40.7. The maximum atomic E-state index is 10.9. The number of fused-ring (bicyclic) bond motifs is 1.